The zero-order valence-corrected chi connectivity index (χ0v) is 14.3. The Hall–Kier alpha value is -2.82. The molecule has 1 amide bonds. The van der Waals surface area contributed by atoms with Crippen molar-refractivity contribution in [2.45, 2.75) is 26.9 Å². The lowest BCUT2D eigenvalue weighted by Gasteiger charge is -2.11. The fraction of sp³-hybridized carbons (Fsp3) is 0.300. The fourth-order valence-electron chi connectivity index (χ4n) is 2.82. The standard InChI is InChI=1S/C20H21NO4/c1-12-4-3-5-14(8-12)11-25-15-6-7-18(13(2)9-15)21-19(22)16-10-17(16)20(23)24/h3-9,16-17H,10-11H2,1-2H3,(H,21,22)(H,23,24). The molecule has 1 aliphatic carbocycles. The van der Waals surface area contributed by atoms with Gasteiger partial charge in [0.05, 0.1) is 11.8 Å². The van der Waals surface area contributed by atoms with Crippen molar-refractivity contribution in [3.8, 4) is 5.75 Å². The van der Waals surface area contributed by atoms with Gasteiger partial charge in [-0.05, 0) is 49.6 Å². The Labute approximate surface area is 146 Å². The van der Waals surface area contributed by atoms with Crippen LogP contribution in [-0.2, 0) is 16.2 Å². The van der Waals surface area contributed by atoms with Gasteiger partial charge in [0.25, 0.3) is 0 Å². The molecular formula is C20H21NO4. The molecule has 0 saturated heterocycles. The molecule has 0 spiro atoms. The summed E-state index contributed by atoms with van der Waals surface area (Å²) in [6.07, 6.45) is 0.415. The van der Waals surface area contributed by atoms with Gasteiger partial charge in [-0.2, -0.15) is 0 Å². The molecule has 1 saturated carbocycles. The molecule has 0 aromatic heterocycles. The SMILES string of the molecule is Cc1cccc(COc2ccc(NC(=O)C3CC3C(=O)O)c(C)c2)c1. The predicted molar refractivity (Wildman–Crippen MR) is 94.6 cm³/mol. The maximum absolute atomic E-state index is 12.1. The lowest BCUT2D eigenvalue weighted by Crippen LogP contribution is -2.17. The maximum Gasteiger partial charge on any atom is 0.307 e. The second-order valence-corrected chi connectivity index (χ2v) is 6.53. The first kappa shape index (κ1) is 17.0. The Morgan fingerprint density at radius 2 is 1.96 bits per heavy atom. The number of carbonyl (C=O) groups is 2. The quantitative estimate of drug-likeness (QED) is 0.844. The van der Waals surface area contributed by atoms with Crippen LogP contribution in [0.5, 0.6) is 5.75 Å². The van der Waals surface area contributed by atoms with Gasteiger partial charge >= 0.3 is 5.97 Å². The molecule has 2 N–H and O–H groups in total. The fourth-order valence-corrected chi connectivity index (χ4v) is 2.82. The van der Waals surface area contributed by atoms with Gasteiger partial charge in [0.1, 0.15) is 12.4 Å². The van der Waals surface area contributed by atoms with E-state index < -0.39 is 17.8 Å². The number of carboxylic acid groups (broad SMARTS) is 1. The number of carbonyl (C=O) groups excluding carboxylic acids is 1. The minimum Gasteiger partial charge on any atom is -0.489 e. The third-order valence-corrected chi connectivity index (χ3v) is 4.39. The van der Waals surface area contributed by atoms with Gasteiger partial charge < -0.3 is 15.2 Å². The van der Waals surface area contributed by atoms with E-state index in [4.69, 9.17) is 9.84 Å². The maximum atomic E-state index is 12.1. The molecule has 3 rings (SSSR count). The van der Waals surface area contributed by atoms with E-state index in [0.29, 0.717) is 18.7 Å². The number of rotatable bonds is 6. The van der Waals surface area contributed by atoms with Crippen molar-refractivity contribution in [2.75, 3.05) is 5.32 Å². The zero-order valence-electron chi connectivity index (χ0n) is 14.3. The summed E-state index contributed by atoms with van der Waals surface area (Å²) in [4.78, 5) is 22.9. The van der Waals surface area contributed by atoms with Crippen LogP contribution >= 0.6 is 0 Å². The average molecular weight is 339 g/mol. The summed E-state index contributed by atoms with van der Waals surface area (Å²) in [5, 5.41) is 11.7. The molecule has 5 heteroatoms. The Balaban J connectivity index is 1.59. The molecule has 0 aliphatic heterocycles. The van der Waals surface area contributed by atoms with Crippen LogP contribution in [0.2, 0.25) is 0 Å². The Bertz CT molecular complexity index is 815. The van der Waals surface area contributed by atoms with E-state index in [1.807, 2.05) is 38.1 Å². The van der Waals surface area contributed by atoms with E-state index in [9.17, 15) is 9.59 Å². The van der Waals surface area contributed by atoms with E-state index in [1.165, 1.54) is 5.56 Å². The number of amides is 1. The first-order valence-corrected chi connectivity index (χ1v) is 8.26. The van der Waals surface area contributed by atoms with E-state index in [2.05, 4.69) is 11.4 Å². The van der Waals surface area contributed by atoms with Crippen molar-refractivity contribution in [1.82, 2.24) is 0 Å². The summed E-state index contributed by atoms with van der Waals surface area (Å²) in [6.45, 7) is 4.41. The smallest absolute Gasteiger partial charge is 0.307 e. The molecule has 0 bridgehead atoms. The monoisotopic (exact) mass is 339 g/mol. The van der Waals surface area contributed by atoms with Gasteiger partial charge in [-0.1, -0.05) is 29.8 Å². The van der Waals surface area contributed by atoms with Crippen LogP contribution in [0, 0.1) is 25.7 Å². The summed E-state index contributed by atoms with van der Waals surface area (Å²) in [6, 6.07) is 13.6. The van der Waals surface area contributed by atoms with Gasteiger partial charge in [-0.25, -0.2) is 0 Å². The number of hydrogen-bond donors (Lipinski definition) is 2. The number of carboxylic acids is 1. The van der Waals surface area contributed by atoms with E-state index in [0.717, 1.165) is 16.9 Å². The van der Waals surface area contributed by atoms with Crippen LogP contribution in [-0.4, -0.2) is 17.0 Å². The van der Waals surface area contributed by atoms with E-state index >= 15 is 0 Å². The minimum absolute atomic E-state index is 0.232. The normalized spacial score (nSPS) is 18.5. The van der Waals surface area contributed by atoms with Crippen LogP contribution in [0.4, 0.5) is 5.69 Å². The largest absolute Gasteiger partial charge is 0.489 e. The summed E-state index contributed by atoms with van der Waals surface area (Å²) in [5.74, 6) is -1.38. The van der Waals surface area contributed by atoms with Gasteiger partial charge in [-0.15, -0.1) is 0 Å². The molecular weight excluding hydrogens is 318 g/mol. The van der Waals surface area contributed by atoms with Crippen LogP contribution in [0.15, 0.2) is 42.5 Å². The number of nitrogens with one attached hydrogen (secondary N) is 1. The lowest BCUT2D eigenvalue weighted by molar-refractivity contribution is -0.139. The molecule has 0 radical (unpaired) electrons. The van der Waals surface area contributed by atoms with Crippen LogP contribution in [0.1, 0.15) is 23.1 Å². The average Bonchev–Trinajstić information content (AvgIpc) is 3.36. The third-order valence-electron chi connectivity index (χ3n) is 4.39. The summed E-state index contributed by atoms with van der Waals surface area (Å²) < 4.78 is 5.81. The summed E-state index contributed by atoms with van der Waals surface area (Å²) in [5.41, 5.74) is 3.85. The van der Waals surface area contributed by atoms with Gasteiger partial charge in [-0.3, -0.25) is 9.59 Å². The molecule has 2 atom stereocenters. The number of benzene rings is 2. The van der Waals surface area contributed by atoms with Crippen molar-refractivity contribution in [3.63, 3.8) is 0 Å². The number of aliphatic carboxylic acids is 1. The molecule has 130 valence electrons. The molecule has 0 heterocycles. The van der Waals surface area contributed by atoms with Crippen molar-refractivity contribution < 1.29 is 19.4 Å². The van der Waals surface area contributed by atoms with Crippen molar-refractivity contribution in [3.05, 3.63) is 59.2 Å². The summed E-state index contributed by atoms with van der Waals surface area (Å²) in [7, 11) is 0. The van der Waals surface area contributed by atoms with E-state index in [1.54, 1.807) is 12.1 Å². The first-order valence-electron chi connectivity index (χ1n) is 8.26. The Morgan fingerprint density at radius 3 is 2.60 bits per heavy atom. The predicted octanol–water partition coefficient (Wildman–Crippen LogP) is 3.54. The minimum atomic E-state index is -0.906. The van der Waals surface area contributed by atoms with Crippen molar-refractivity contribution in [1.29, 1.82) is 0 Å². The van der Waals surface area contributed by atoms with Crippen molar-refractivity contribution in [2.24, 2.45) is 11.8 Å². The second-order valence-electron chi connectivity index (χ2n) is 6.53. The number of aryl methyl sites for hydroxylation is 2. The van der Waals surface area contributed by atoms with Crippen LogP contribution < -0.4 is 10.1 Å². The second kappa shape index (κ2) is 6.97. The highest BCUT2D eigenvalue weighted by Gasteiger charge is 2.48. The summed E-state index contributed by atoms with van der Waals surface area (Å²) >= 11 is 0. The highest BCUT2D eigenvalue weighted by atomic mass is 16.5. The van der Waals surface area contributed by atoms with Gasteiger partial charge in [0.15, 0.2) is 0 Å². The lowest BCUT2D eigenvalue weighted by atomic mass is 10.1. The van der Waals surface area contributed by atoms with Crippen LogP contribution in [0.3, 0.4) is 0 Å². The third kappa shape index (κ3) is 4.18. The topological polar surface area (TPSA) is 75.6 Å². The zero-order chi connectivity index (χ0) is 18.0. The first-order chi connectivity index (χ1) is 11.9. The molecule has 1 fully saturated rings. The highest BCUT2D eigenvalue weighted by molar-refractivity contribution is 5.98. The molecule has 1 aliphatic rings. The number of ether oxygens (including phenoxy) is 1. The molecule has 5 nitrogen and oxygen atoms in total. The molecule has 2 unspecified atom stereocenters. The Kier molecular flexibility index (Phi) is 4.74. The van der Waals surface area contributed by atoms with Gasteiger partial charge in [0, 0.05) is 5.69 Å². The Morgan fingerprint density at radius 1 is 1.16 bits per heavy atom. The van der Waals surface area contributed by atoms with Crippen molar-refractivity contribution >= 4 is 17.6 Å². The van der Waals surface area contributed by atoms with Crippen LogP contribution in [0.25, 0.3) is 0 Å². The molecule has 2 aromatic carbocycles. The van der Waals surface area contributed by atoms with Gasteiger partial charge in [0.2, 0.25) is 5.91 Å². The van der Waals surface area contributed by atoms with E-state index in [-0.39, 0.29) is 5.91 Å². The number of hydrogen-bond acceptors (Lipinski definition) is 3. The number of anilines is 1. The highest BCUT2D eigenvalue weighted by Crippen LogP contribution is 2.39. The molecule has 2 aromatic rings. The molecule has 25 heavy (non-hydrogen) atoms.